The average Bonchev–Trinajstić information content (AvgIpc) is 3.43. The first-order chi connectivity index (χ1) is 16.4. The van der Waals surface area contributed by atoms with Crippen molar-refractivity contribution in [2.24, 2.45) is 10.2 Å². The highest BCUT2D eigenvalue weighted by atomic mass is 79.9. The number of carbonyl (C=O) groups excluding carboxylic acids is 1. The number of hydrogen-bond donors (Lipinski definition) is 2. The number of benzene rings is 2. The number of carbonyl (C=O) groups is 1. The molecule has 174 valence electrons. The number of aromatic hydroxyl groups is 2. The summed E-state index contributed by atoms with van der Waals surface area (Å²) in [6.45, 7) is 2.43. The molecule has 1 aliphatic rings. The van der Waals surface area contributed by atoms with E-state index in [0.29, 0.717) is 39.3 Å². The zero-order valence-electron chi connectivity index (χ0n) is 18.0. The lowest BCUT2D eigenvalue weighted by atomic mass is 10.2. The van der Waals surface area contributed by atoms with Gasteiger partial charge in [0.1, 0.15) is 11.5 Å². The monoisotopic (exact) mass is 541 g/mol. The molecule has 4 rings (SSSR count). The third-order valence-electron chi connectivity index (χ3n) is 4.69. The number of amides is 1. The Morgan fingerprint density at radius 2 is 2.00 bits per heavy atom. The van der Waals surface area contributed by atoms with Crippen LogP contribution in [0.15, 0.2) is 78.8 Å². The number of hydrogen-bond acceptors (Lipinski definition) is 8. The highest BCUT2D eigenvalue weighted by Gasteiger charge is 2.34. The maximum absolute atomic E-state index is 13.2. The van der Waals surface area contributed by atoms with Crippen molar-refractivity contribution >= 4 is 51.1 Å². The van der Waals surface area contributed by atoms with Crippen LogP contribution >= 0.6 is 27.7 Å². The van der Waals surface area contributed by atoms with Crippen molar-refractivity contribution in [1.82, 2.24) is 4.90 Å². The first-order valence-corrected chi connectivity index (χ1v) is 11.8. The molecule has 1 amide bonds. The Bertz CT molecular complexity index is 1290. The molecule has 1 saturated heterocycles. The average molecular weight is 542 g/mol. The standard InChI is InChI=1S/C24H20BrN3O5S/c1-2-32-21-10-15(5-7-20(21)30)13-26-27-24-28(14-18-4-3-9-33-18)23(31)22(34-24)12-16-11-17(25)6-8-19(16)29/h3-13,29-30H,2,14H2,1H3/b22-12-,26-13-,27-24+. The number of amidine groups is 1. The topological polar surface area (TPSA) is 108 Å². The molecule has 1 aromatic heterocycles. The van der Waals surface area contributed by atoms with Crippen LogP contribution in [-0.4, -0.2) is 39.0 Å². The molecule has 0 radical (unpaired) electrons. The Balaban J connectivity index is 1.63. The van der Waals surface area contributed by atoms with Crippen LogP contribution in [0.4, 0.5) is 0 Å². The minimum atomic E-state index is -0.280. The second kappa shape index (κ2) is 10.6. The van der Waals surface area contributed by atoms with E-state index in [2.05, 4.69) is 26.1 Å². The quantitative estimate of drug-likeness (QED) is 0.237. The first-order valence-electron chi connectivity index (χ1n) is 10.2. The van der Waals surface area contributed by atoms with Gasteiger partial charge in [-0.1, -0.05) is 15.9 Å². The molecule has 0 atom stereocenters. The third kappa shape index (κ3) is 5.52. The summed E-state index contributed by atoms with van der Waals surface area (Å²) in [4.78, 5) is 15.0. The van der Waals surface area contributed by atoms with Crippen molar-refractivity contribution in [3.05, 3.63) is 81.1 Å². The molecule has 1 aliphatic heterocycles. The highest BCUT2D eigenvalue weighted by Crippen LogP contribution is 2.36. The molecule has 3 aromatic rings. The molecule has 0 aliphatic carbocycles. The fraction of sp³-hybridized carbons (Fsp3) is 0.125. The van der Waals surface area contributed by atoms with E-state index >= 15 is 0 Å². The molecular weight excluding hydrogens is 522 g/mol. The van der Waals surface area contributed by atoms with E-state index in [0.717, 1.165) is 16.2 Å². The van der Waals surface area contributed by atoms with Crippen LogP contribution in [0.5, 0.6) is 17.2 Å². The maximum Gasteiger partial charge on any atom is 0.267 e. The first kappa shape index (κ1) is 23.7. The molecule has 2 aromatic carbocycles. The molecule has 0 saturated carbocycles. The smallest absolute Gasteiger partial charge is 0.267 e. The van der Waals surface area contributed by atoms with Crippen molar-refractivity contribution < 1.29 is 24.2 Å². The van der Waals surface area contributed by atoms with E-state index in [-0.39, 0.29) is 24.0 Å². The number of thioether (sulfide) groups is 1. The van der Waals surface area contributed by atoms with Gasteiger partial charge >= 0.3 is 0 Å². The summed E-state index contributed by atoms with van der Waals surface area (Å²) in [5.74, 6) is 0.762. The van der Waals surface area contributed by atoms with Gasteiger partial charge in [0.15, 0.2) is 16.7 Å². The lowest BCUT2D eigenvalue weighted by Gasteiger charge is -2.12. The third-order valence-corrected chi connectivity index (χ3v) is 6.18. The largest absolute Gasteiger partial charge is 0.507 e. The van der Waals surface area contributed by atoms with Gasteiger partial charge < -0.3 is 19.4 Å². The zero-order chi connectivity index (χ0) is 24.1. The number of phenols is 2. The van der Waals surface area contributed by atoms with Gasteiger partial charge in [0.25, 0.3) is 5.91 Å². The molecule has 2 heterocycles. The van der Waals surface area contributed by atoms with Crippen LogP contribution in [0.1, 0.15) is 23.8 Å². The van der Waals surface area contributed by atoms with Crippen molar-refractivity contribution in [1.29, 1.82) is 0 Å². The fourth-order valence-electron chi connectivity index (χ4n) is 3.09. The van der Waals surface area contributed by atoms with Gasteiger partial charge in [0.05, 0.1) is 30.5 Å². The summed E-state index contributed by atoms with van der Waals surface area (Å²) in [7, 11) is 0. The van der Waals surface area contributed by atoms with Gasteiger partial charge in [-0.2, -0.15) is 5.10 Å². The summed E-state index contributed by atoms with van der Waals surface area (Å²) in [6, 6.07) is 13.3. The van der Waals surface area contributed by atoms with Crippen LogP contribution in [0, 0.1) is 0 Å². The summed E-state index contributed by atoms with van der Waals surface area (Å²) in [6.07, 6.45) is 4.66. The minimum Gasteiger partial charge on any atom is -0.507 e. The summed E-state index contributed by atoms with van der Waals surface area (Å²) < 4.78 is 11.6. The van der Waals surface area contributed by atoms with Crippen LogP contribution in [0.25, 0.3) is 6.08 Å². The Morgan fingerprint density at radius 3 is 2.76 bits per heavy atom. The minimum absolute atomic E-state index is 0.0393. The SMILES string of the molecule is CCOc1cc(/C=N\N=C2\S/C(=C\c3cc(Br)ccc3O)C(=O)N2Cc2ccco2)ccc1O. The van der Waals surface area contributed by atoms with E-state index in [1.807, 2.05) is 6.92 Å². The zero-order valence-corrected chi connectivity index (χ0v) is 20.4. The van der Waals surface area contributed by atoms with Crippen molar-refractivity contribution in [3.63, 3.8) is 0 Å². The lowest BCUT2D eigenvalue weighted by Crippen LogP contribution is -2.28. The van der Waals surface area contributed by atoms with E-state index in [9.17, 15) is 15.0 Å². The lowest BCUT2D eigenvalue weighted by molar-refractivity contribution is -0.122. The van der Waals surface area contributed by atoms with Gasteiger partial charge in [-0.05, 0) is 78.9 Å². The van der Waals surface area contributed by atoms with E-state index in [1.54, 1.807) is 48.5 Å². The molecule has 0 bridgehead atoms. The van der Waals surface area contributed by atoms with Gasteiger partial charge in [0, 0.05) is 10.0 Å². The highest BCUT2D eigenvalue weighted by molar-refractivity contribution is 9.10. The van der Waals surface area contributed by atoms with Crippen LogP contribution in [0.3, 0.4) is 0 Å². The number of ether oxygens (including phenoxy) is 1. The normalized spacial score (nSPS) is 16.3. The molecule has 8 nitrogen and oxygen atoms in total. The van der Waals surface area contributed by atoms with Crippen LogP contribution in [-0.2, 0) is 11.3 Å². The Morgan fingerprint density at radius 1 is 1.18 bits per heavy atom. The maximum atomic E-state index is 13.2. The number of furan rings is 1. The predicted octanol–water partition coefficient (Wildman–Crippen LogP) is 5.36. The summed E-state index contributed by atoms with van der Waals surface area (Å²) in [5.41, 5.74) is 1.17. The molecule has 2 N–H and O–H groups in total. The van der Waals surface area contributed by atoms with Gasteiger partial charge in [0.2, 0.25) is 0 Å². The molecular formula is C24H20BrN3O5S. The van der Waals surface area contributed by atoms with Crippen LogP contribution < -0.4 is 4.74 Å². The van der Waals surface area contributed by atoms with Crippen molar-refractivity contribution in [2.45, 2.75) is 13.5 Å². The Hall–Kier alpha value is -3.50. The van der Waals surface area contributed by atoms with E-state index in [4.69, 9.17) is 9.15 Å². The Kier molecular flexibility index (Phi) is 7.39. The van der Waals surface area contributed by atoms with Gasteiger partial charge in [-0.15, -0.1) is 5.10 Å². The number of halogens is 1. The summed E-state index contributed by atoms with van der Waals surface area (Å²) >= 11 is 4.53. The number of rotatable bonds is 7. The van der Waals surface area contributed by atoms with Crippen LogP contribution in [0.2, 0.25) is 0 Å². The Labute approximate surface area is 208 Å². The molecule has 0 unspecified atom stereocenters. The van der Waals surface area contributed by atoms with Gasteiger partial charge in [-0.25, -0.2) is 0 Å². The molecule has 34 heavy (non-hydrogen) atoms. The second-order valence-corrected chi connectivity index (χ2v) is 9.00. The second-order valence-electron chi connectivity index (χ2n) is 7.07. The number of nitrogens with zero attached hydrogens (tertiary/aromatic N) is 3. The molecule has 10 heteroatoms. The fourth-order valence-corrected chi connectivity index (χ4v) is 4.39. The van der Waals surface area contributed by atoms with Crippen molar-refractivity contribution in [3.8, 4) is 17.2 Å². The molecule has 1 fully saturated rings. The number of phenolic OH excluding ortho intramolecular Hbond substituents is 2. The predicted molar refractivity (Wildman–Crippen MR) is 135 cm³/mol. The van der Waals surface area contributed by atoms with Crippen molar-refractivity contribution in [2.75, 3.05) is 6.61 Å². The van der Waals surface area contributed by atoms with E-state index in [1.165, 1.54) is 23.4 Å². The van der Waals surface area contributed by atoms with E-state index < -0.39 is 0 Å². The van der Waals surface area contributed by atoms with Gasteiger partial charge in [-0.3, -0.25) is 9.69 Å². The summed E-state index contributed by atoms with van der Waals surface area (Å²) in [5, 5.41) is 28.8. The molecule has 0 spiro atoms.